The van der Waals surface area contributed by atoms with Crippen molar-refractivity contribution in [3.8, 4) is 0 Å². The van der Waals surface area contributed by atoms with Crippen molar-refractivity contribution in [1.29, 1.82) is 0 Å². The van der Waals surface area contributed by atoms with E-state index < -0.39 is 0 Å². The molecule has 0 bridgehead atoms. The molecule has 28 heavy (non-hydrogen) atoms. The quantitative estimate of drug-likeness (QED) is 0.684. The van der Waals surface area contributed by atoms with Crippen LogP contribution in [0, 0.1) is 6.92 Å². The van der Waals surface area contributed by atoms with E-state index in [1.165, 1.54) is 6.42 Å². The Bertz CT molecular complexity index is 1010. The molecule has 1 aromatic carbocycles. The highest BCUT2D eigenvalue weighted by Crippen LogP contribution is 2.23. The maximum absolute atomic E-state index is 13.4. The molecule has 0 radical (unpaired) electrons. The van der Waals surface area contributed by atoms with Gasteiger partial charge in [0.05, 0.1) is 17.3 Å². The van der Waals surface area contributed by atoms with Crippen molar-refractivity contribution in [3.05, 3.63) is 65.5 Å². The standard InChI is InChI=1S/C23H26N4O/c1-17-21-15-19(16-24-22(21)26(2)25-17)23(28)27-14-8-4-7-11-20(27)13-12-18-9-5-3-6-10-18/h3,5-6,9-10,12-13,15-16,20H,4,7-8,11,14H2,1-2H3. The topological polar surface area (TPSA) is 51.0 Å². The zero-order chi connectivity index (χ0) is 19.5. The Morgan fingerprint density at radius 1 is 1.18 bits per heavy atom. The average molecular weight is 374 g/mol. The highest BCUT2D eigenvalue weighted by Gasteiger charge is 2.25. The van der Waals surface area contributed by atoms with E-state index in [9.17, 15) is 4.79 Å². The van der Waals surface area contributed by atoms with Gasteiger partial charge in [0.15, 0.2) is 5.65 Å². The van der Waals surface area contributed by atoms with Crippen LogP contribution in [-0.4, -0.2) is 38.2 Å². The minimum Gasteiger partial charge on any atom is -0.332 e. The van der Waals surface area contributed by atoms with Gasteiger partial charge in [-0.3, -0.25) is 9.48 Å². The van der Waals surface area contributed by atoms with Gasteiger partial charge in [0.1, 0.15) is 0 Å². The largest absolute Gasteiger partial charge is 0.332 e. The lowest BCUT2D eigenvalue weighted by atomic mass is 10.1. The first-order valence-electron chi connectivity index (χ1n) is 9.97. The van der Waals surface area contributed by atoms with Crippen molar-refractivity contribution in [1.82, 2.24) is 19.7 Å². The van der Waals surface area contributed by atoms with Gasteiger partial charge in [-0.25, -0.2) is 4.98 Å². The van der Waals surface area contributed by atoms with Crippen molar-refractivity contribution in [2.45, 2.75) is 38.6 Å². The molecule has 1 aliphatic rings. The van der Waals surface area contributed by atoms with Gasteiger partial charge in [-0.1, -0.05) is 55.3 Å². The van der Waals surface area contributed by atoms with Crippen molar-refractivity contribution in [3.63, 3.8) is 0 Å². The first-order chi connectivity index (χ1) is 13.6. The molecule has 144 valence electrons. The van der Waals surface area contributed by atoms with E-state index >= 15 is 0 Å². The molecule has 5 nitrogen and oxygen atoms in total. The van der Waals surface area contributed by atoms with Crippen LogP contribution in [0.15, 0.2) is 48.7 Å². The third-order valence-electron chi connectivity index (χ3n) is 5.48. The highest BCUT2D eigenvalue weighted by atomic mass is 16.2. The summed E-state index contributed by atoms with van der Waals surface area (Å²) in [5.74, 6) is 0.0577. The van der Waals surface area contributed by atoms with Gasteiger partial charge in [-0.2, -0.15) is 5.10 Å². The summed E-state index contributed by atoms with van der Waals surface area (Å²) in [7, 11) is 1.88. The first kappa shape index (κ1) is 18.4. The molecular weight excluding hydrogens is 348 g/mol. The number of carbonyl (C=O) groups is 1. The second-order valence-corrected chi connectivity index (χ2v) is 7.49. The van der Waals surface area contributed by atoms with Crippen LogP contribution in [0.3, 0.4) is 0 Å². The Hall–Kier alpha value is -2.95. The van der Waals surface area contributed by atoms with Gasteiger partial charge in [-0.15, -0.1) is 0 Å². The maximum Gasteiger partial charge on any atom is 0.255 e. The van der Waals surface area contributed by atoms with Gasteiger partial charge in [-0.05, 0) is 31.4 Å². The molecule has 0 aliphatic carbocycles. The number of aryl methyl sites for hydroxylation is 2. The van der Waals surface area contributed by atoms with Crippen LogP contribution in [0.5, 0.6) is 0 Å². The average Bonchev–Trinajstić information content (AvgIpc) is 2.88. The Kier molecular flexibility index (Phi) is 5.24. The van der Waals surface area contributed by atoms with Gasteiger partial charge in [0, 0.05) is 25.2 Å². The zero-order valence-electron chi connectivity index (χ0n) is 16.5. The number of aromatic nitrogens is 3. The fourth-order valence-corrected chi connectivity index (χ4v) is 3.96. The van der Waals surface area contributed by atoms with Gasteiger partial charge in [0.25, 0.3) is 5.91 Å². The molecule has 5 heteroatoms. The summed E-state index contributed by atoms with van der Waals surface area (Å²) in [6.07, 6.45) is 10.3. The smallest absolute Gasteiger partial charge is 0.255 e. The Morgan fingerprint density at radius 2 is 2.00 bits per heavy atom. The van der Waals surface area contributed by atoms with Crippen LogP contribution < -0.4 is 0 Å². The normalized spacial score (nSPS) is 17.9. The molecule has 1 unspecified atom stereocenters. The van der Waals surface area contributed by atoms with Crippen LogP contribution in [0.25, 0.3) is 17.1 Å². The molecule has 0 saturated carbocycles. The van der Waals surface area contributed by atoms with E-state index in [0.717, 1.165) is 48.1 Å². The number of likely N-dealkylation sites (tertiary alicyclic amines) is 1. The maximum atomic E-state index is 13.4. The van der Waals surface area contributed by atoms with Gasteiger partial charge >= 0.3 is 0 Å². The number of carbonyl (C=O) groups excluding carboxylic acids is 1. The van der Waals surface area contributed by atoms with Crippen LogP contribution in [-0.2, 0) is 7.05 Å². The molecule has 4 rings (SSSR count). The fourth-order valence-electron chi connectivity index (χ4n) is 3.96. The lowest BCUT2D eigenvalue weighted by molar-refractivity contribution is 0.0718. The summed E-state index contributed by atoms with van der Waals surface area (Å²) < 4.78 is 1.76. The van der Waals surface area contributed by atoms with E-state index in [2.05, 4.69) is 34.4 Å². The molecule has 2 aromatic heterocycles. The Labute approximate surface area is 165 Å². The van der Waals surface area contributed by atoms with Gasteiger partial charge < -0.3 is 4.90 Å². The third-order valence-corrected chi connectivity index (χ3v) is 5.48. The number of hydrogen-bond acceptors (Lipinski definition) is 3. The molecule has 1 amide bonds. The minimum absolute atomic E-state index is 0.0577. The summed E-state index contributed by atoms with van der Waals surface area (Å²) in [6.45, 7) is 2.74. The summed E-state index contributed by atoms with van der Waals surface area (Å²) in [6, 6.07) is 12.3. The molecule has 0 N–H and O–H groups in total. The summed E-state index contributed by atoms with van der Waals surface area (Å²) in [5, 5.41) is 5.36. The molecule has 1 saturated heterocycles. The van der Waals surface area contributed by atoms with E-state index in [0.29, 0.717) is 5.56 Å². The molecule has 3 aromatic rings. The number of hydrogen-bond donors (Lipinski definition) is 0. The number of fused-ring (bicyclic) bond motifs is 1. The summed E-state index contributed by atoms with van der Waals surface area (Å²) in [4.78, 5) is 19.9. The number of nitrogens with zero attached hydrogens (tertiary/aromatic N) is 4. The molecule has 3 heterocycles. The van der Waals surface area contributed by atoms with E-state index in [-0.39, 0.29) is 11.9 Å². The van der Waals surface area contributed by atoms with Crippen LogP contribution >= 0.6 is 0 Å². The van der Waals surface area contributed by atoms with Crippen LogP contribution in [0.4, 0.5) is 0 Å². The van der Waals surface area contributed by atoms with E-state index in [1.807, 2.05) is 43.1 Å². The molecule has 1 atom stereocenters. The Balaban J connectivity index is 1.63. The SMILES string of the molecule is Cc1nn(C)c2ncc(C(=O)N3CCCCCC3C=Cc3ccccc3)cc12. The number of rotatable bonds is 3. The fraction of sp³-hybridized carbons (Fsp3) is 0.348. The van der Waals surface area contributed by atoms with Crippen molar-refractivity contribution in [2.75, 3.05) is 6.54 Å². The lowest BCUT2D eigenvalue weighted by Crippen LogP contribution is -2.39. The second kappa shape index (κ2) is 7.97. The van der Waals surface area contributed by atoms with Crippen LogP contribution in [0.2, 0.25) is 0 Å². The number of amides is 1. The number of pyridine rings is 1. The summed E-state index contributed by atoms with van der Waals surface area (Å²) in [5.41, 5.74) is 3.51. The second-order valence-electron chi connectivity index (χ2n) is 7.49. The zero-order valence-corrected chi connectivity index (χ0v) is 16.5. The molecular formula is C23H26N4O. The van der Waals surface area contributed by atoms with E-state index in [4.69, 9.17) is 0 Å². The van der Waals surface area contributed by atoms with Gasteiger partial charge in [0.2, 0.25) is 0 Å². The Morgan fingerprint density at radius 3 is 2.82 bits per heavy atom. The predicted molar refractivity (Wildman–Crippen MR) is 112 cm³/mol. The molecule has 0 spiro atoms. The van der Waals surface area contributed by atoms with Crippen molar-refractivity contribution >= 4 is 23.0 Å². The molecule has 1 aliphatic heterocycles. The van der Waals surface area contributed by atoms with E-state index in [1.54, 1.807) is 10.9 Å². The first-order valence-corrected chi connectivity index (χ1v) is 9.97. The molecule has 1 fully saturated rings. The summed E-state index contributed by atoms with van der Waals surface area (Å²) >= 11 is 0. The number of benzene rings is 1. The van der Waals surface area contributed by atoms with Crippen molar-refractivity contribution < 1.29 is 4.79 Å². The predicted octanol–water partition coefficient (Wildman–Crippen LogP) is 4.37. The minimum atomic E-state index is 0.0577. The van der Waals surface area contributed by atoms with Crippen LogP contribution in [0.1, 0.15) is 47.3 Å². The lowest BCUT2D eigenvalue weighted by Gasteiger charge is -2.28. The monoisotopic (exact) mass is 374 g/mol. The highest BCUT2D eigenvalue weighted by molar-refractivity contribution is 5.97. The van der Waals surface area contributed by atoms with Crippen molar-refractivity contribution in [2.24, 2.45) is 7.05 Å². The third kappa shape index (κ3) is 3.70.